The molecule has 1 aromatic heterocycles. The van der Waals surface area contributed by atoms with Gasteiger partial charge in [-0.05, 0) is 30.7 Å². The van der Waals surface area contributed by atoms with Crippen LogP contribution in [0.25, 0.3) is 10.9 Å². The monoisotopic (exact) mass is 368 g/mol. The Bertz CT molecular complexity index is 1040. The molecule has 1 atom stereocenters. The SMILES string of the molecule is C[C@H](NC(=O)COC(=O)c1cc(=O)[nH]c2ccccc12)c1ccc(F)cc1. The van der Waals surface area contributed by atoms with Crippen LogP contribution in [0.15, 0.2) is 59.4 Å². The number of hydrogen-bond acceptors (Lipinski definition) is 4. The highest BCUT2D eigenvalue weighted by Gasteiger charge is 2.16. The molecule has 0 saturated carbocycles. The Morgan fingerprint density at radius 1 is 1.15 bits per heavy atom. The minimum absolute atomic E-state index is 0.0914. The number of H-pyrrole nitrogens is 1. The van der Waals surface area contributed by atoms with Gasteiger partial charge in [0.1, 0.15) is 5.82 Å². The number of aromatic amines is 1. The average Bonchev–Trinajstić information content (AvgIpc) is 2.65. The van der Waals surface area contributed by atoms with E-state index in [2.05, 4.69) is 10.3 Å². The van der Waals surface area contributed by atoms with E-state index < -0.39 is 24.0 Å². The minimum atomic E-state index is -0.762. The van der Waals surface area contributed by atoms with E-state index in [1.54, 1.807) is 43.3 Å². The van der Waals surface area contributed by atoms with E-state index in [0.717, 1.165) is 11.6 Å². The van der Waals surface area contributed by atoms with E-state index in [1.165, 1.54) is 12.1 Å². The number of para-hydroxylation sites is 1. The van der Waals surface area contributed by atoms with E-state index in [1.807, 2.05) is 0 Å². The van der Waals surface area contributed by atoms with Gasteiger partial charge in [-0.2, -0.15) is 0 Å². The Hall–Kier alpha value is -3.48. The van der Waals surface area contributed by atoms with Gasteiger partial charge in [0.2, 0.25) is 5.56 Å². The normalized spacial score (nSPS) is 11.8. The number of carbonyl (C=O) groups is 2. The Morgan fingerprint density at radius 2 is 1.85 bits per heavy atom. The molecule has 0 saturated heterocycles. The van der Waals surface area contributed by atoms with Crippen molar-refractivity contribution in [1.82, 2.24) is 10.3 Å². The van der Waals surface area contributed by atoms with E-state index in [0.29, 0.717) is 10.9 Å². The first-order chi connectivity index (χ1) is 12.9. The Balaban J connectivity index is 1.64. The van der Waals surface area contributed by atoms with E-state index in [4.69, 9.17) is 4.74 Å². The predicted octanol–water partition coefficient (Wildman–Crippen LogP) is 2.70. The van der Waals surface area contributed by atoms with Crippen molar-refractivity contribution in [2.75, 3.05) is 6.61 Å². The van der Waals surface area contributed by atoms with Gasteiger partial charge >= 0.3 is 5.97 Å². The smallest absolute Gasteiger partial charge is 0.339 e. The maximum absolute atomic E-state index is 13.0. The molecular formula is C20H17FN2O4. The highest BCUT2D eigenvalue weighted by atomic mass is 19.1. The molecule has 0 aliphatic heterocycles. The highest BCUT2D eigenvalue weighted by Crippen LogP contribution is 2.16. The molecule has 0 fully saturated rings. The molecule has 27 heavy (non-hydrogen) atoms. The van der Waals surface area contributed by atoms with Crippen LogP contribution in [0.4, 0.5) is 4.39 Å². The second kappa shape index (κ2) is 7.82. The highest BCUT2D eigenvalue weighted by molar-refractivity contribution is 6.03. The first-order valence-electron chi connectivity index (χ1n) is 8.28. The number of ether oxygens (including phenoxy) is 1. The standard InChI is InChI=1S/C20H17FN2O4/c1-12(13-6-8-14(21)9-7-13)22-19(25)11-27-20(26)16-10-18(24)23-17-5-3-2-4-15(16)17/h2-10,12H,11H2,1H3,(H,22,25)(H,23,24)/t12-/m0/s1. The summed E-state index contributed by atoms with van der Waals surface area (Å²) in [5.74, 6) is -1.63. The lowest BCUT2D eigenvalue weighted by molar-refractivity contribution is -0.124. The summed E-state index contributed by atoms with van der Waals surface area (Å²) < 4.78 is 18.0. The van der Waals surface area contributed by atoms with Gasteiger partial charge in [0.05, 0.1) is 11.6 Å². The van der Waals surface area contributed by atoms with Crippen molar-refractivity contribution in [3.05, 3.63) is 81.9 Å². The lowest BCUT2D eigenvalue weighted by Crippen LogP contribution is -2.31. The average molecular weight is 368 g/mol. The summed E-state index contributed by atoms with van der Waals surface area (Å²) in [4.78, 5) is 38.7. The molecule has 3 rings (SSSR count). The summed E-state index contributed by atoms with van der Waals surface area (Å²) in [6, 6.07) is 13.3. The number of hydrogen-bond donors (Lipinski definition) is 2. The third-order valence-electron chi connectivity index (χ3n) is 4.05. The van der Waals surface area contributed by atoms with Crippen LogP contribution in [-0.2, 0) is 9.53 Å². The fraction of sp³-hybridized carbons (Fsp3) is 0.150. The van der Waals surface area contributed by atoms with Crippen LogP contribution in [0.1, 0.15) is 28.9 Å². The summed E-state index contributed by atoms with van der Waals surface area (Å²) in [7, 11) is 0. The molecule has 7 heteroatoms. The molecule has 1 amide bonds. The zero-order valence-corrected chi connectivity index (χ0v) is 14.5. The molecule has 2 N–H and O–H groups in total. The fourth-order valence-corrected chi connectivity index (χ4v) is 2.70. The molecule has 6 nitrogen and oxygen atoms in total. The molecule has 138 valence electrons. The number of nitrogens with one attached hydrogen (secondary N) is 2. The number of rotatable bonds is 5. The Morgan fingerprint density at radius 3 is 2.59 bits per heavy atom. The van der Waals surface area contributed by atoms with Crippen LogP contribution >= 0.6 is 0 Å². The van der Waals surface area contributed by atoms with Crippen molar-refractivity contribution in [3.8, 4) is 0 Å². The first kappa shape index (κ1) is 18.3. The van der Waals surface area contributed by atoms with Crippen molar-refractivity contribution in [2.24, 2.45) is 0 Å². The zero-order valence-electron chi connectivity index (χ0n) is 14.5. The van der Waals surface area contributed by atoms with Gasteiger partial charge in [-0.1, -0.05) is 30.3 Å². The van der Waals surface area contributed by atoms with E-state index in [9.17, 15) is 18.8 Å². The zero-order chi connectivity index (χ0) is 19.4. The van der Waals surface area contributed by atoms with Crippen molar-refractivity contribution < 1.29 is 18.7 Å². The maximum atomic E-state index is 13.0. The largest absolute Gasteiger partial charge is 0.452 e. The van der Waals surface area contributed by atoms with Crippen LogP contribution in [0, 0.1) is 5.82 Å². The summed E-state index contributed by atoms with van der Waals surface area (Å²) in [6.45, 7) is 1.24. The molecule has 2 aromatic carbocycles. The summed E-state index contributed by atoms with van der Waals surface area (Å²) in [5.41, 5.74) is 0.881. The van der Waals surface area contributed by atoms with Crippen molar-refractivity contribution in [2.45, 2.75) is 13.0 Å². The lowest BCUT2D eigenvalue weighted by atomic mass is 10.1. The number of amides is 1. The molecule has 0 unspecified atom stereocenters. The van der Waals surface area contributed by atoms with E-state index >= 15 is 0 Å². The molecule has 0 radical (unpaired) electrons. The summed E-state index contributed by atoms with van der Waals surface area (Å²) in [5, 5.41) is 3.19. The summed E-state index contributed by atoms with van der Waals surface area (Å²) in [6.07, 6.45) is 0. The lowest BCUT2D eigenvalue weighted by Gasteiger charge is -2.14. The number of fused-ring (bicyclic) bond motifs is 1. The second-order valence-electron chi connectivity index (χ2n) is 6.01. The van der Waals surface area contributed by atoms with Crippen molar-refractivity contribution in [1.29, 1.82) is 0 Å². The topological polar surface area (TPSA) is 88.3 Å². The third-order valence-corrected chi connectivity index (χ3v) is 4.05. The van der Waals surface area contributed by atoms with Gasteiger partial charge in [-0.3, -0.25) is 9.59 Å². The van der Waals surface area contributed by atoms with Crippen LogP contribution in [-0.4, -0.2) is 23.5 Å². The molecule has 3 aromatic rings. The Kier molecular flexibility index (Phi) is 5.30. The quantitative estimate of drug-likeness (QED) is 0.678. The number of aromatic nitrogens is 1. The Labute approximate surface area is 154 Å². The van der Waals surface area contributed by atoms with Gasteiger partial charge in [-0.25, -0.2) is 9.18 Å². The van der Waals surface area contributed by atoms with Crippen LogP contribution < -0.4 is 10.9 Å². The number of esters is 1. The van der Waals surface area contributed by atoms with Gasteiger partial charge in [-0.15, -0.1) is 0 Å². The number of benzene rings is 2. The second-order valence-corrected chi connectivity index (χ2v) is 6.01. The predicted molar refractivity (Wildman–Crippen MR) is 97.8 cm³/mol. The van der Waals surface area contributed by atoms with Crippen LogP contribution in [0.2, 0.25) is 0 Å². The maximum Gasteiger partial charge on any atom is 0.339 e. The number of halogens is 1. The fourth-order valence-electron chi connectivity index (χ4n) is 2.70. The number of pyridine rings is 1. The van der Waals surface area contributed by atoms with Gasteiger partial charge in [0, 0.05) is 17.0 Å². The molecule has 0 spiro atoms. The third kappa shape index (κ3) is 4.38. The minimum Gasteiger partial charge on any atom is -0.452 e. The van der Waals surface area contributed by atoms with Crippen LogP contribution in [0.3, 0.4) is 0 Å². The molecule has 1 heterocycles. The van der Waals surface area contributed by atoms with Crippen LogP contribution in [0.5, 0.6) is 0 Å². The van der Waals surface area contributed by atoms with Crippen molar-refractivity contribution in [3.63, 3.8) is 0 Å². The molecule has 0 aliphatic carbocycles. The summed E-state index contributed by atoms with van der Waals surface area (Å²) >= 11 is 0. The first-order valence-corrected chi connectivity index (χ1v) is 8.28. The number of carbonyl (C=O) groups excluding carboxylic acids is 2. The van der Waals surface area contributed by atoms with Crippen molar-refractivity contribution >= 4 is 22.8 Å². The van der Waals surface area contributed by atoms with E-state index in [-0.39, 0.29) is 17.4 Å². The molecule has 0 aliphatic rings. The van der Waals surface area contributed by atoms with Gasteiger partial charge in [0.25, 0.3) is 5.91 Å². The molecular weight excluding hydrogens is 351 g/mol. The van der Waals surface area contributed by atoms with Gasteiger partial charge < -0.3 is 15.0 Å². The molecule has 0 bridgehead atoms. The van der Waals surface area contributed by atoms with Gasteiger partial charge in [0.15, 0.2) is 6.61 Å².